The van der Waals surface area contributed by atoms with Crippen LogP contribution in [0.15, 0.2) is 0 Å². The molecule has 4 heteroatoms. The number of hydrogen-bond donors (Lipinski definition) is 2. The van der Waals surface area contributed by atoms with Crippen LogP contribution in [-0.2, 0) is 0 Å². The van der Waals surface area contributed by atoms with E-state index in [1.165, 1.54) is 0 Å². The molecule has 2 N–H and O–H groups in total. The summed E-state index contributed by atoms with van der Waals surface area (Å²) in [7, 11) is 0. The van der Waals surface area contributed by atoms with Gasteiger partial charge < -0.3 is 10.2 Å². The van der Waals surface area contributed by atoms with E-state index in [1.807, 2.05) is 0 Å². The molecule has 14 heavy (non-hydrogen) atoms. The first-order valence-electron chi connectivity index (χ1n) is 5.38. The minimum Gasteiger partial charge on any atom is -0.395 e. The summed E-state index contributed by atoms with van der Waals surface area (Å²) in [5.41, 5.74) is 0. The molecule has 1 fully saturated rings. The fraction of sp³-hybridized carbons (Fsp3) is 1.00. The number of rotatable bonds is 4. The van der Waals surface area contributed by atoms with E-state index < -0.39 is 0 Å². The van der Waals surface area contributed by atoms with E-state index in [0.717, 1.165) is 26.2 Å². The van der Waals surface area contributed by atoms with Gasteiger partial charge in [0.15, 0.2) is 0 Å². The third-order valence-corrected chi connectivity index (χ3v) is 3.02. The highest BCUT2D eigenvalue weighted by Crippen LogP contribution is 2.13. The molecule has 1 rings (SSSR count). The van der Waals surface area contributed by atoms with Crippen molar-refractivity contribution in [3.8, 4) is 0 Å². The van der Waals surface area contributed by atoms with Crippen molar-refractivity contribution in [2.24, 2.45) is 0 Å². The molecule has 0 saturated carbocycles. The predicted octanol–water partition coefficient (Wildman–Crippen LogP) is -0.634. The molecular weight excluding hydrogens is 180 g/mol. The third kappa shape index (κ3) is 2.92. The number of aliphatic hydroxyl groups is 2. The zero-order valence-electron chi connectivity index (χ0n) is 9.19. The SMILES string of the molecule is C[C@@H]1CN(CCO)[C@H](C)CN1CCO. The maximum atomic E-state index is 8.90. The first-order valence-corrected chi connectivity index (χ1v) is 5.38. The Kier molecular flexibility index (Phi) is 4.81. The highest BCUT2D eigenvalue weighted by atomic mass is 16.3. The zero-order chi connectivity index (χ0) is 10.6. The van der Waals surface area contributed by atoms with Crippen molar-refractivity contribution in [2.45, 2.75) is 25.9 Å². The van der Waals surface area contributed by atoms with Crippen molar-refractivity contribution in [1.29, 1.82) is 0 Å². The van der Waals surface area contributed by atoms with Gasteiger partial charge in [-0.3, -0.25) is 9.80 Å². The van der Waals surface area contributed by atoms with Crippen LogP contribution in [0.2, 0.25) is 0 Å². The van der Waals surface area contributed by atoms with Gasteiger partial charge in [-0.1, -0.05) is 0 Å². The van der Waals surface area contributed by atoms with Crippen LogP contribution >= 0.6 is 0 Å². The molecule has 1 aliphatic rings. The monoisotopic (exact) mass is 202 g/mol. The van der Waals surface area contributed by atoms with Crippen LogP contribution in [0.5, 0.6) is 0 Å². The van der Waals surface area contributed by atoms with Gasteiger partial charge in [-0.25, -0.2) is 0 Å². The molecule has 84 valence electrons. The number of nitrogens with zero attached hydrogens (tertiary/aromatic N) is 2. The second kappa shape index (κ2) is 5.66. The molecule has 0 unspecified atom stereocenters. The van der Waals surface area contributed by atoms with E-state index in [2.05, 4.69) is 23.6 Å². The Morgan fingerprint density at radius 3 is 1.57 bits per heavy atom. The number of β-amino-alcohol motifs (C(OH)–C–C–N with tert-alkyl or cyclic N) is 2. The fourth-order valence-electron chi connectivity index (χ4n) is 2.15. The summed E-state index contributed by atoms with van der Waals surface area (Å²) >= 11 is 0. The highest BCUT2D eigenvalue weighted by molar-refractivity contribution is 4.84. The Morgan fingerprint density at radius 1 is 0.929 bits per heavy atom. The Balaban J connectivity index is 2.44. The summed E-state index contributed by atoms with van der Waals surface area (Å²) in [4.78, 5) is 4.61. The maximum Gasteiger partial charge on any atom is 0.0558 e. The number of hydrogen-bond acceptors (Lipinski definition) is 4. The Hall–Kier alpha value is -0.160. The maximum absolute atomic E-state index is 8.90. The van der Waals surface area contributed by atoms with Gasteiger partial charge >= 0.3 is 0 Å². The lowest BCUT2D eigenvalue weighted by atomic mass is 10.1. The molecular formula is C10H22N2O2. The molecule has 1 aliphatic heterocycles. The van der Waals surface area contributed by atoms with Crippen LogP contribution in [0, 0.1) is 0 Å². The quantitative estimate of drug-likeness (QED) is 0.637. The molecule has 1 heterocycles. The Bertz CT molecular complexity index is 148. The van der Waals surface area contributed by atoms with Crippen LogP contribution in [-0.4, -0.2) is 71.5 Å². The van der Waals surface area contributed by atoms with Crippen LogP contribution in [0.4, 0.5) is 0 Å². The van der Waals surface area contributed by atoms with Gasteiger partial charge in [-0.15, -0.1) is 0 Å². The largest absolute Gasteiger partial charge is 0.395 e. The summed E-state index contributed by atoms with van der Waals surface area (Å²) in [5.74, 6) is 0. The van der Waals surface area contributed by atoms with Crippen molar-refractivity contribution in [1.82, 2.24) is 9.80 Å². The first kappa shape index (κ1) is 11.9. The molecule has 0 aromatic rings. The lowest BCUT2D eigenvalue weighted by molar-refractivity contribution is 0.0242. The molecule has 0 aromatic carbocycles. The summed E-state index contributed by atoms with van der Waals surface area (Å²) in [6, 6.07) is 0.954. The van der Waals surface area contributed by atoms with Crippen LogP contribution in [0.25, 0.3) is 0 Å². The first-order chi connectivity index (χ1) is 6.69. The topological polar surface area (TPSA) is 46.9 Å². The van der Waals surface area contributed by atoms with E-state index in [0.29, 0.717) is 12.1 Å². The molecule has 0 amide bonds. The smallest absolute Gasteiger partial charge is 0.0558 e. The van der Waals surface area contributed by atoms with E-state index in [1.54, 1.807) is 0 Å². The van der Waals surface area contributed by atoms with Crippen LogP contribution in [0.1, 0.15) is 13.8 Å². The van der Waals surface area contributed by atoms with Crippen LogP contribution < -0.4 is 0 Å². The molecule has 0 bridgehead atoms. The summed E-state index contributed by atoms with van der Waals surface area (Å²) in [6.45, 7) is 8.31. The Labute approximate surface area is 86.1 Å². The second-order valence-electron chi connectivity index (χ2n) is 4.14. The average molecular weight is 202 g/mol. The standard InChI is InChI=1S/C10H22N2O2/c1-9-7-12(4-6-14)10(2)8-11(9)3-5-13/h9-10,13-14H,3-8H2,1-2H3/t9-,10-/m1/s1. The zero-order valence-corrected chi connectivity index (χ0v) is 9.19. The second-order valence-corrected chi connectivity index (χ2v) is 4.14. The minimum absolute atomic E-state index is 0.233. The minimum atomic E-state index is 0.233. The lowest BCUT2D eigenvalue weighted by Gasteiger charge is -2.43. The van der Waals surface area contributed by atoms with Gasteiger partial charge in [0.25, 0.3) is 0 Å². The van der Waals surface area contributed by atoms with Crippen molar-refractivity contribution < 1.29 is 10.2 Å². The third-order valence-electron chi connectivity index (χ3n) is 3.02. The molecule has 4 nitrogen and oxygen atoms in total. The molecule has 0 spiro atoms. The molecule has 0 aromatic heterocycles. The lowest BCUT2D eigenvalue weighted by Crippen LogP contribution is -2.57. The molecule has 1 saturated heterocycles. The van der Waals surface area contributed by atoms with Gasteiger partial charge in [0, 0.05) is 38.3 Å². The van der Waals surface area contributed by atoms with Crippen molar-refractivity contribution in [2.75, 3.05) is 39.4 Å². The van der Waals surface area contributed by atoms with Crippen molar-refractivity contribution in [3.05, 3.63) is 0 Å². The fourth-order valence-corrected chi connectivity index (χ4v) is 2.15. The van der Waals surface area contributed by atoms with Gasteiger partial charge in [0.05, 0.1) is 13.2 Å². The normalized spacial score (nSPS) is 30.9. The van der Waals surface area contributed by atoms with Gasteiger partial charge in [-0.05, 0) is 13.8 Å². The predicted molar refractivity (Wildman–Crippen MR) is 56.2 cm³/mol. The van der Waals surface area contributed by atoms with Gasteiger partial charge in [0.2, 0.25) is 0 Å². The number of aliphatic hydroxyl groups excluding tert-OH is 2. The highest BCUT2D eigenvalue weighted by Gasteiger charge is 2.27. The van der Waals surface area contributed by atoms with Gasteiger partial charge in [-0.2, -0.15) is 0 Å². The van der Waals surface area contributed by atoms with Gasteiger partial charge in [0.1, 0.15) is 0 Å². The van der Waals surface area contributed by atoms with E-state index >= 15 is 0 Å². The molecule has 0 aliphatic carbocycles. The summed E-state index contributed by atoms with van der Waals surface area (Å²) in [6.07, 6.45) is 0. The number of piperazine rings is 1. The van der Waals surface area contributed by atoms with E-state index in [4.69, 9.17) is 10.2 Å². The van der Waals surface area contributed by atoms with E-state index in [-0.39, 0.29) is 13.2 Å². The Morgan fingerprint density at radius 2 is 1.29 bits per heavy atom. The molecule has 2 atom stereocenters. The van der Waals surface area contributed by atoms with Crippen LogP contribution in [0.3, 0.4) is 0 Å². The van der Waals surface area contributed by atoms with E-state index in [9.17, 15) is 0 Å². The average Bonchev–Trinajstić information content (AvgIpc) is 2.14. The summed E-state index contributed by atoms with van der Waals surface area (Å²) in [5, 5.41) is 17.8. The summed E-state index contributed by atoms with van der Waals surface area (Å²) < 4.78 is 0. The van der Waals surface area contributed by atoms with Crippen molar-refractivity contribution >= 4 is 0 Å². The molecule has 0 radical (unpaired) electrons. The van der Waals surface area contributed by atoms with Crippen molar-refractivity contribution in [3.63, 3.8) is 0 Å².